The number of thioether (sulfide) groups is 1. The monoisotopic (exact) mass is 265 g/mol. The summed E-state index contributed by atoms with van der Waals surface area (Å²) in [7, 11) is 3.82. The highest BCUT2D eigenvalue weighted by Gasteiger charge is 2.26. The maximum Gasteiger partial charge on any atom is 0.122 e. The molecule has 0 radical (unpaired) electrons. The summed E-state index contributed by atoms with van der Waals surface area (Å²) < 4.78 is 5.40. The van der Waals surface area contributed by atoms with Crippen LogP contribution in [0.25, 0.3) is 0 Å². The number of aryl methyl sites for hydroxylation is 2. The van der Waals surface area contributed by atoms with Gasteiger partial charge in [-0.15, -0.1) is 0 Å². The van der Waals surface area contributed by atoms with Crippen molar-refractivity contribution in [3.8, 4) is 5.75 Å². The molecule has 1 aliphatic heterocycles. The molecule has 1 heterocycles. The fraction of sp³-hybridized carbons (Fsp3) is 0.600. The normalized spacial score (nSPS) is 21.0. The smallest absolute Gasteiger partial charge is 0.122 e. The van der Waals surface area contributed by atoms with E-state index in [1.54, 1.807) is 7.11 Å². The number of nitrogens with one attached hydrogen (secondary N) is 1. The first-order valence-corrected chi connectivity index (χ1v) is 7.73. The van der Waals surface area contributed by atoms with Gasteiger partial charge < -0.3 is 10.1 Å². The molecule has 2 rings (SSSR count). The molecule has 1 saturated heterocycles. The molecule has 0 aromatic heterocycles. The van der Waals surface area contributed by atoms with Crippen molar-refractivity contribution in [3.63, 3.8) is 0 Å². The van der Waals surface area contributed by atoms with Crippen molar-refractivity contribution < 1.29 is 4.74 Å². The predicted molar refractivity (Wildman–Crippen MR) is 79.7 cm³/mol. The van der Waals surface area contributed by atoms with E-state index < -0.39 is 0 Å². The van der Waals surface area contributed by atoms with E-state index in [4.69, 9.17) is 4.74 Å². The first-order valence-electron chi connectivity index (χ1n) is 6.57. The Kier molecular flexibility index (Phi) is 4.57. The summed E-state index contributed by atoms with van der Waals surface area (Å²) in [5.74, 6) is 4.32. The van der Waals surface area contributed by atoms with Gasteiger partial charge in [0.1, 0.15) is 5.75 Å². The summed E-state index contributed by atoms with van der Waals surface area (Å²) in [4.78, 5) is 0. The van der Waals surface area contributed by atoms with E-state index in [0.29, 0.717) is 6.04 Å². The lowest BCUT2D eigenvalue weighted by Gasteiger charge is -2.25. The van der Waals surface area contributed by atoms with Gasteiger partial charge in [-0.2, -0.15) is 11.8 Å². The van der Waals surface area contributed by atoms with Crippen LogP contribution in [0.3, 0.4) is 0 Å². The molecule has 0 bridgehead atoms. The molecular formula is C15H23NOS. The molecule has 0 saturated carbocycles. The minimum atomic E-state index is 0.476. The molecule has 2 atom stereocenters. The molecule has 1 aromatic carbocycles. The van der Waals surface area contributed by atoms with E-state index in [1.165, 1.54) is 34.6 Å². The van der Waals surface area contributed by atoms with Crippen LogP contribution in [0.5, 0.6) is 5.75 Å². The van der Waals surface area contributed by atoms with Crippen LogP contribution in [0, 0.1) is 19.8 Å². The SMILES string of the molecule is CNC(c1cc(C)c(OC)cc1C)C1CCSC1. The molecule has 0 amide bonds. The lowest BCUT2D eigenvalue weighted by atomic mass is 9.89. The third-order valence-corrected chi connectivity index (χ3v) is 5.05. The third-order valence-electron chi connectivity index (χ3n) is 3.87. The Hall–Kier alpha value is -0.670. The zero-order valence-corrected chi connectivity index (χ0v) is 12.6. The summed E-state index contributed by atoms with van der Waals surface area (Å²) in [6.45, 7) is 4.31. The number of methoxy groups -OCH3 is 1. The average Bonchev–Trinajstić information content (AvgIpc) is 2.87. The van der Waals surface area contributed by atoms with Gasteiger partial charge in [0, 0.05) is 6.04 Å². The molecule has 1 aromatic rings. The quantitative estimate of drug-likeness (QED) is 0.902. The van der Waals surface area contributed by atoms with Gasteiger partial charge in [0.2, 0.25) is 0 Å². The molecule has 2 unspecified atom stereocenters. The number of ether oxygens (including phenoxy) is 1. The van der Waals surface area contributed by atoms with E-state index >= 15 is 0 Å². The van der Waals surface area contributed by atoms with Crippen LogP contribution in [0.15, 0.2) is 12.1 Å². The Labute approximate surface area is 114 Å². The van der Waals surface area contributed by atoms with Gasteiger partial charge in [0.25, 0.3) is 0 Å². The highest BCUT2D eigenvalue weighted by atomic mass is 32.2. The summed E-state index contributed by atoms with van der Waals surface area (Å²) in [6.07, 6.45) is 1.32. The molecular weight excluding hydrogens is 242 g/mol. The Balaban J connectivity index is 2.32. The van der Waals surface area contributed by atoms with Crippen LogP contribution >= 0.6 is 11.8 Å². The average molecular weight is 265 g/mol. The molecule has 18 heavy (non-hydrogen) atoms. The minimum absolute atomic E-state index is 0.476. The predicted octanol–water partition coefficient (Wildman–Crippen LogP) is 3.33. The zero-order chi connectivity index (χ0) is 13.1. The lowest BCUT2D eigenvalue weighted by Crippen LogP contribution is -2.26. The van der Waals surface area contributed by atoms with Gasteiger partial charge in [-0.1, -0.05) is 6.07 Å². The van der Waals surface area contributed by atoms with Gasteiger partial charge in [0.05, 0.1) is 7.11 Å². The molecule has 0 aliphatic carbocycles. The van der Waals surface area contributed by atoms with Crippen molar-refractivity contribution >= 4 is 11.8 Å². The Bertz CT molecular complexity index is 413. The second-order valence-electron chi connectivity index (χ2n) is 5.07. The largest absolute Gasteiger partial charge is 0.496 e. The highest BCUT2D eigenvalue weighted by molar-refractivity contribution is 7.99. The van der Waals surface area contributed by atoms with E-state index in [2.05, 4.69) is 50.1 Å². The first kappa shape index (κ1) is 13.8. The second kappa shape index (κ2) is 5.98. The van der Waals surface area contributed by atoms with Crippen LogP contribution in [0.2, 0.25) is 0 Å². The lowest BCUT2D eigenvalue weighted by molar-refractivity contribution is 0.405. The van der Waals surface area contributed by atoms with Gasteiger partial charge in [-0.3, -0.25) is 0 Å². The molecule has 1 fully saturated rings. The fourth-order valence-corrected chi connectivity index (χ4v) is 4.13. The molecule has 0 spiro atoms. The second-order valence-corrected chi connectivity index (χ2v) is 6.22. The van der Waals surface area contributed by atoms with Crippen molar-refractivity contribution in [2.75, 3.05) is 25.7 Å². The minimum Gasteiger partial charge on any atom is -0.496 e. The van der Waals surface area contributed by atoms with Gasteiger partial charge in [-0.05, 0) is 67.5 Å². The number of hydrogen-bond acceptors (Lipinski definition) is 3. The van der Waals surface area contributed by atoms with Crippen molar-refractivity contribution in [1.29, 1.82) is 0 Å². The Morgan fingerprint density at radius 3 is 2.67 bits per heavy atom. The Morgan fingerprint density at radius 2 is 2.11 bits per heavy atom. The standard InChI is InChI=1S/C15H23NOS/c1-10-8-14(17-4)11(2)7-13(10)15(16-3)12-5-6-18-9-12/h7-8,12,15-16H,5-6,9H2,1-4H3. The maximum atomic E-state index is 5.40. The van der Waals surface area contributed by atoms with Crippen molar-refractivity contribution in [1.82, 2.24) is 5.32 Å². The summed E-state index contributed by atoms with van der Waals surface area (Å²) >= 11 is 2.07. The van der Waals surface area contributed by atoms with E-state index in [0.717, 1.165) is 11.7 Å². The van der Waals surface area contributed by atoms with Crippen LogP contribution < -0.4 is 10.1 Å². The van der Waals surface area contributed by atoms with Crippen LogP contribution in [-0.2, 0) is 0 Å². The highest BCUT2D eigenvalue weighted by Crippen LogP contribution is 2.36. The van der Waals surface area contributed by atoms with Crippen molar-refractivity contribution in [2.45, 2.75) is 26.3 Å². The Morgan fingerprint density at radius 1 is 1.33 bits per heavy atom. The summed E-state index contributed by atoms with van der Waals surface area (Å²) in [6, 6.07) is 4.93. The molecule has 3 heteroatoms. The molecule has 1 N–H and O–H groups in total. The number of benzene rings is 1. The number of hydrogen-bond donors (Lipinski definition) is 1. The topological polar surface area (TPSA) is 21.3 Å². The maximum absolute atomic E-state index is 5.40. The summed E-state index contributed by atoms with van der Waals surface area (Å²) in [5, 5.41) is 3.51. The zero-order valence-electron chi connectivity index (χ0n) is 11.7. The van der Waals surface area contributed by atoms with E-state index in [1.807, 2.05) is 0 Å². The third kappa shape index (κ3) is 2.67. The van der Waals surface area contributed by atoms with Gasteiger partial charge in [-0.25, -0.2) is 0 Å². The number of rotatable bonds is 4. The van der Waals surface area contributed by atoms with Crippen LogP contribution in [-0.4, -0.2) is 25.7 Å². The first-order chi connectivity index (χ1) is 8.67. The van der Waals surface area contributed by atoms with E-state index in [9.17, 15) is 0 Å². The van der Waals surface area contributed by atoms with Crippen molar-refractivity contribution in [3.05, 3.63) is 28.8 Å². The van der Waals surface area contributed by atoms with Gasteiger partial charge in [0.15, 0.2) is 0 Å². The fourth-order valence-electron chi connectivity index (χ4n) is 2.83. The van der Waals surface area contributed by atoms with Gasteiger partial charge >= 0.3 is 0 Å². The molecule has 2 nitrogen and oxygen atoms in total. The van der Waals surface area contributed by atoms with Crippen LogP contribution in [0.1, 0.15) is 29.2 Å². The summed E-state index contributed by atoms with van der Waals surface area (Å²) in [5.41, 5.74) is 3.99. The molecule has 100 valence electrons. The van der Waals surface area contributed by atoms with Crippen LogP contribution in [0.4, 0.5) is 0 Å². The van der Waals surface area contributed by atoms with E-state index in [-0.39, 0.29) is 0 Å². The molecule has 1 aliphatic rings. The van der Waals surface area contributed by atoms with Crippen molar-refractivity contribution in [2.24, 2.45) is 5.92 Å².